The Morgan fingerprint density at radius 2 is 1.82 bits per heavy atom. The summed E-state index contributed by atoms with van der Waals surface area (Å²) in [5.41, 5.74) is 0.551. The predicted octanol–water partition coefficient (Wildman–Crippen LogP) is 4.69. The molecule has 34 heavy (non-hydrogen) atoms. The number of fused-ring (bicyclic) bond motifs is 1. The van der Waals surface area contributed by atoms with Gasteiger partial charge in [0.25, 0.3) is 11.8 Å². The number of nitrogens with one attached hydrogen (secondary N) is 3. The summed E-state index contributed by atoms with van der Waals surface area (Å²) in [6.07, 6.45) is -3.09. The van der Waals surface area contributed by atoms with Gasteiger partial charge in [0.05, 0.1) is 11.1 Å². The van der Waals surface area contributed by atoms with E-state index >= 15 is 0 Å². The molecule has 11 heteroatoms. The van der Waals surface area contributed by atoms with Gasteiger partial charge in [0.1, 0.15) is 17.2 Å². The molecule has 4 aromatic rings. The Hall–Kier alpha value is -4.41. The smallest absolute Gasteiger partial charge is 0.416 e. The first-order valence-corrected chi connectivity index (χ1v) is 9.99. The lowest BCUT2D eigenvalue weighted by molar-refractivity contribution is -0.137. The number of aryl methyl sites for hydroxylation is 1. The second-order valence-electron chi connectivity index (χ2n) is 7.32. The van der Waals surface area contributed by atoms with E-state index in [1.165, 1.54) is 25.4 Å². The molecule has 8 nitrogen and oxygen atoms in total. The van der Waals surface area contributed by atoms with Gasteiger partial charge in [0.15, 0.2) is 5.69 Å². The Morgan fingerprint density at radius 1 is 1.03 bits per heavy atom. The molecule has 0 unspecified atom stereocenters. The van der Waals surface area contributed by atoms with Crippen molar-refractivity contribution in [3.05, 3.63) is 77.2 Å². The van der Waals surface area contributed by atoms with Crippen molar-refractivity contribution in [1.82, 2.24) is 20.5 Å². The summed E-state index contributed by atoms with van der Waals surface area (Å²) in [6.45, 7) is 1.76. The third kappa shape index (κ3) is 4.68. The minimum absolute atomic E-state index is 0.0635. The van der Waals surface area contributed by atoms with Crippen LogP contribution in [-0.4, -0.2) is 34.0 Å². The van der Waals surface area contributed by atoms with Gasteiger partial charge in [-0.25, -0.2) is 0 Å². The number of ether oxygens (including phenoxy) is 1. The molecule has 3 N–H and O–H groups in total. The number of rotatable bonds is 5. The Balaban J connectivity index is 1.53. The minimum atomic E-state index is -4.54. The number of benzene rings is 2. The zero-order chi connectivity index (χ0) is 24.5. The number of H-pyrrole nitrogens is 1. The molecule has 2 aromatic heterocycles. The van der Waals surface area contributed by atoms with Crippen molar-refractivity contribution in [2.75, 3.05) is 12.4 Å². The molecule has 0 fully saturated rings. The topological polar surface area (TPSA) is 109 Å². The van der Waals surface area contributed by atoms with Crippen LogP contribution in [0, 0.1) is 6.92 Å². The number of hydrogen-bond acceptors (Lipinski definition) is 5. The van der Waals surface area contributed by atoms with Crippen LogP contribution in [0.5, 0.6) is 11.5 Å². The van der Waals surface area contributed by atoms with Crippen molar-refractivity contribution in [3.63, 3.8) is 0 Å². The molecule has 4 rings (SSSR count). The summed E-state index contributed by atoms with van der Waals surface area (Å²) in [6, 6.07) is 11.0. The molecule has 0 aliphatic rings. The fourth-order valence-corrected chi connectivity index (χ4v) is 3.25. The molecule has 0 aliphatic carbocycles. The molecule has 2 heterocycles. The van der Waals surface area contributed by atoms with Gasteiger partial charge in [-0.1, -0.05) is 0 Å². The van der Waals surface area contributed by atoms with Crippen LogP contribution < -0.4 is 15.4 Å². The van der Waals surface area contributed by atoms with Gasteiger partial charge in [-0.15, -0.1) is 0 Å². The van der Waals surface area contributed by atoms with Gasteiger partial charge in [-0.3, -0.25) is 19.7 Å². The zero-order valence-corrected chi connectivity index (χ0v) is 17.9. The van der Waals surface area contributed by atoms with E-state index in [1.54, 1.807) is 31.2 Å². The van der Waals surface area contributed by atoms with Crippen LogP contribution in [-0.2, 0) is 6.18 Å². The molecule has 0 saturated carbocycles. The number of nitrogens with zero attached hydrogens (tertiary/aromatic N) is 2. The van der Waals surface area contributed by atoms with Gasteiger partial charge >= 0.3 is 6.18 Å². The maximum atomic E-state index is 13.1. The summed E-state index contributed by atoms with van der Waals surface area (Å²) in [5.74, 6) is -0.138. The summed E-state index contributed by atoms with van der Waals surface area (Å²) in [4.78, 5) is 28.4. The van der Waals surface area contributed by atoms with Crippen molar-refractivity contribution in [3.8, 4) is 11.5 Å². The predicted molar refractivity (Wildman–Crippen MR) is 118 cm³/mol. The van der Waals surface area contributed by atoms with Crippen LogP contribution in [0.25, 0.3) is 10.9 Å². The first kappa shape index (κ1) is 22.8. The normalized spacial score (nSPS) is 11.3. The van der Waals surface area contributed by atoms with E-state index in [-0.39, 0.29) is 22.7 Å². The summed E-state index contributed by atoms with van der Waals surface area (Å²) in [7, 11) is 1.50. The number of anilines is 1. The second-order valence-corrected chi connectivity index (χ2v) is 7.32. The average molecular weight is 469 g/mol. The van der Waals surface area contributed by atoms with Crippen LogP contribution in [0.4, 0.5) is 18.9 Å². The van der Waals surface area contributed by atoms with Crippen molar-refractivity contribution >= 4 is 28.4 Å². The highest BCUT2D eigenvalue weighted by Gasteiger charge is 2.31. The number of pyridine rings is 1. The molecule has 0 spiro atoms. The third-order valence-corrected chi connectivity index (χ3v) is 4.96. The van der Waals surface area contributed by atoms with Gasteiger partial charge < -0.3 is 15.4 Å². The van der Waals surface area contributed by atoms with E-state index in [4.69, 9.17) is 4.74 Å². The van der Waals surface area contributed by atoms with Gasteiger partial charge in [0, 0.05) is 30.4 Å². The number of aromatic nitrogens is 3. The highest BCUT2D eigenvalue weighted by molar-refractivity contribution is 6.11. The lowest BCUT2D eigenvalue weighted by Gasteiger charge is -2.11. The maximum Gasteiger partial charge on any atom is 0.416 e. The third-order valence-electron chi connectivity index (χ3n) is 4.96. The van der Waals surface area contributed by atoms with E-state index in [9.17, 15) is 22.8 Å². The van der Waals surface area contributed by atoms with Crippen molar-refractivity contribution in [1.29, 1.82) is 0 Å². The second kappa shape index (κ2) is 8.85. The Labute approximate surface area is 191 Å². The van der Waals surface area contributed by atoms with Crippen LogP contribution in [0.2, 0.25) is 0 Å². The monoisotopic (exact) mass is 469 g/mol. The first-order chi connectivity index (χ1) is 16.2. The maximum absolute atomic E-state index is 13.1. The molecule has 0 radical (unpaired) electrons. The van der Waals surface area contributed by atoms with Crippen molar-refractivity contribution in [2.24, 2.45) is 0 Å². The number of aromatic amines is 1. The minimum Gasteiger partial charge on any atom is -0.457 e. The Bertz CT molecular complexity index is 1400. The molecule has 0 atom stereocenters. The number of amides is 2. The molecule has 0 bridgehead atoms. The fraction of sp³-hybridized carbons (Fsp3) is 0.130. The fourth-order valence-electron chi connectivity index (χ4n) is 3.25. The molecule has 0 saturated heterocycles. The molecular formula is C23H18F3N5O3. The largest absolute Gasteiger partial charge is 0.457 e. The van der Waals surface area contributed by atoms with Crippen molar-refractivity contribution < 1.29 is 27.5 Å². The highest BCUT2D eigenvalue weighted by Crippen LogP contribution is 2.32. The van der Waals surface area contributed by atoms with Crippen molar-refractivity contribution in [2.45, 2.75) is 13.1 Å². The summed E-state index contributed by atoms with van der Waals surface area (Å²) < 4.78 is 45.0. The van der Waals surface area contributed by atoms with Crippen LogP contribution in [0.3, 0.4) is 0 Å². The molecule has 2 aromatic carbocycles. The molecule has 2 amide bonds. The first-order valence-electron chi connectivity index (χ1n) is 9.99. The van der Waals surface area contributed by atoms with Crippen LogP contribution in [0.15, 0.2) is 54.7 Å². The van der Waals surface area contributed by atoms with E-state index < -0.39 is 17.6 Å². The number of carbonyl (C=O) groups is 2. The van der Waals surface area contributed by atoms with E-state index in [0.29, 0.717) is 28.3 Å². The van der Waals surface area contributed by atoms with Crippen LogP contribution >= 0.6 is 0 Å². The average Bonchev–Trinajstić information content (AvgIpc) is 3.23. The van der Waals surface area contributed by atoms with Gasteiger partial charge in [-0.2, -0.15) is 18.3 Å². The van der Waals surface area contributed by atoms with Crippen LogP contribution in [0.1, 0.15) is 32.1 Å². The van der Waals surface area contributed by atoms with Gasteiger partial charge in [0.2, 0.25) is 0 Å². The quantitative estimate of drug-likeness (QED) is 0.393. The molecule has 174 valence electrons. The highest BCUT2D eigenvalue weighted by atomic mass is 19.4. The standard InChI is InChI=1S/C23H18F3N5O3/c1-12-9-14(4-6-19(12)34-15-7-8-28-18(11-15)21(32)27-2)29-22(33)20-16-10-13(23(24,25)26)3-5-17(16)30-31-20/h3-11H,1-2H3,(H,27,32)(H,29,33)(H,30,31). The lowest BCUT2D eigenvalue weighted by Crippen LogP contribution is -2.18. The van der Waals surface area contributed by atoms with E-state index in [1.807, 2.05) is 0 Å². The summed E-state index contributed by atoms with van der Waals surface area (Å²) >= 11 is 0. The molecular weight excluding hydrogens is 451 g/mol. The Morgan fingerprint density at radius 3 is 2.53 bits per heavy atom. The lowest BCUT2D eigenvalue weighted by atomic mass is 10.1. The number of halogens is 3. The van der Waals surface area contributed by atoms with E-state index in [2.05, 4.69) is 25.8 Å². The number of carbonyl (C=O) groups excluding carboxylic acids is 2. The van der Waals surface area contributed by atoms with E-state index in [0.717, 1.165) is 12.1 Å². The SMILES string of the molecule is CNC(=O)c1cc(Oc2ccc(NC(=O)c3n[nH]c4ccc(C(F)(F)F)cc34)cc2C)ccn1. The number of alkyl halides is 3. The Kier molecular flexibility index (Phi) is 5.93. The summed E-state index contributed by atoms with van der Waals surface area (Å²) in [5, 5.41) is 11.6. The molecule has 0 aliphatic heterocycles. The number of hydrogen-bond donors (Lipinski definition) is 3. The zero-order valence-electron chi connectivity index (χ0n) is 17.9. The van der Waals surface area contributed by atoms with Gasteiger partial charge in [-0.05, 0) is 55.0 Å².